The van der Waals surface area contributed by atoms with Crippen LogP contribution in [-0.4, -0.2) is 38.2 Å². The smallest absolute Gasteiger partial charge is 0.363 e. The lowest BCUT2D eigenvalue weighted by Gasteiger charge is -2.27. The van der Waals surface area contributed by atoms with Gasteiger partial charge in [0.25, 0.3) is 0 Å². The predicted octanol–water partition coefficient (Wildman–Crippen LogP) is 3.69. The van der Waals surface area contributed by atoms with Crippen molar-refractivity contribution in [1.29, 1.82) is 0 Å². The quantitative estimate of drug-likeness (QED) is 0.563. The third-order valence-electron chi connectivity index (χ3n) is 3.94. The van der Waals surface area contributed by atoms with Crippen molar-refractivity contribution in [3.8, 4) is 0 Å². The van der Waals surface area contributed by atoms with Gasteiger partial charge in [-0.05, 0) is 46.3 Å². The fourth-order valence-corrected chi connectivity index (χ4v) is 4.12. The van der Waals surface area contributed by atoms with Crippen molar-refractivity contribution >= 4 is 50.2 Å². The van der Waals surface area contributed by atoms with Crippen LogP contribution in [0.2, 0.25) is 0 Å². The van der Waals surface area contributed by atoms with Crippen molar-refractivity contribution < 1.29 is 14.3 Å². The molecule has 1 saturated heterocycles. The van der Waals surface area contributed by atoms with Crippen molar-refractivity contribution in [2.24, 2.45) is 4.99 Å². The SMILES string of the molecule is O=C1OC(c2ccccc2Br)=NC1=Cc1ccc(N2CCOCC2)s1. The fraction of sp³-hybridized carbons (Fsp3) is 0.222. The molecule has 0 N–H and O–H groups in total. The Hall–Kier alpha value is -1.96. The average molecular weight is 419 g/mol. The monoisotopic (exact) mass is 418 g/mol. The molecule has 25 heavy (non-hydrogen) atoms. The van der Waals surface area contributed by atoms with Gasteiger partial charge in [-0.2, -0.15) is 0 Å². The standard InChI is InChI=1S/C18H15BrN2O3S/c19-14-4-2-1-3-13(14)17-20-15(18(22)24-17)11-12-5-6-16(25-12)21-7-9-23-10-8-21/h1-6,11H,7-10H2. The number of aliphatic imine (C=N–C) groups is 1. The number of carbonyl (C=O) groups excluding carboxylic acids is 1. The highest BCUT2D eigenvalue weighted by Crippen LogP contribution is 2.30. The molecule has 0 aliphatic carbocycles. The summed E-state index contributed by atoms with van der Waals surface area (Å²) in [5, 5.41) is 1.18. The minimum Gasteiger partial charge on any atom is -0.402 e. The van der Waals surface area contributed by atoms with Gasteiger partial charge in [0.2, 0.25) is 5.90 Å². The number of carbonyl (C=O) groups is 1. The maximum absolute atomic E-state index is 12.1. The predicted molar refractivity (Wildman–Crippen MR) is 102 cm³/mol. The van der Waals surface area contributed by atoms with Crippen LogP contribution in [0.15, 0.2) is 51.6 Å². The second-order valence-corrected chi connectivity index (χ2v) is 7.54. The number of nitrogens with zero attached hydrogens (tertiary/aromatic N) is 2. The Labute approximate surface area is 157 Å². The van der Waals surface area contributed by atoms with E-state index in [0.29, 0.717) is 11.6 Å². The van der Waals surface area contributed by atoms with E-state index in [4.69, 9.17) is 9.47 Å². The van der Waals surface area contributed by atoms with Crippen LogP contribution in [0, 0.1) is 0 Å². The van der Waals surface area contributed by atoms with Gasteiger partial charge in [0.1, 0.15) is 0 Å². The highest BCUT2D eigenvalue weighted by molar-refractivity contribution is 9.10. The van der Waals surface area contributed by atoms with Gasteiger partial charge >= 0.3 is 5.97 Å². The van der Waals surface area contributed by atoms with E-state index in [1.165, 1.54) is 5.00 Å². The Morgan fingerprint density at radius 2 is 1.96 bits per heavy atom. The van der Waals surface area contributed by atoms with Crippen molar-refractivity contribution in [2.45, 2.75) is 0 Å². The largest absolute Gasteiger partial charge is 0.402 e. The number of hydrogen-bond acceptors (Lipinski definition) is 6. The topological polar surface area (TPSA) is 51.1 Å². The van der Waals surface area contributed by atoms with Gasteiger partial charge in [-0.1, -0.05) is 12.1 Å². The lowest BCUT2D eigenvalue weighted by molar-refractivity contribution is -0.129. The number of rotatable bonds is 3. The third-order valence-corrected chi connectivity index (χ3v) is 5.72. The van der Waals surface area contributed by atoms with E-state index in [-0.39, 0.29) is 0 Å². The Morgan fingerprint density at radius 3 is 2.76 bits per heavy atom. The zero-order valence-corrected chi connectivity index (χ0v) is 15.7. The van der Waals surface area contributed by atoms with Gasteiger partial charge in [-0.25, -0.2) is 9.79 Å². The molecule has 2 aromatic rings. The summed E-state index contributed by atoms with van der Waals surface area (Å²) in [4.78, 5) is 19.8. The molecule has 1 fully saturated rings. The van der Waals surface area contributed by atoms with Crippen LogP contribution in [0.5, 0.6) is 0 Å². The van der Waals surface area contributed by atoms with E-state index < -0.39 is 5.97 Å². The van der Waals surface area contributed by atoms with Crippen molar-refractivity contribution in [3.05, 3.63) is 57.0 Å². The highest BCUT2D eigenvalue weighted by Gasteiger charge is 2.25. The maximum Gasteiger partial charge on any atom is 0.363 e. The van der Waals surface area contributed by atoms with Crippen LogP contribution in [0.3, 0.4) is 0 Å². The molecule has 2 aliphatic heterocycles. The summed E-state index contributed by atoms with van der Waals surface area (Å²) < 4.78 is 11.5. The van der Waals surface area contributed by atoms with Gasteiger partial charge < -0.3 is 14.4 Å². The molecule has 3 heterocycles. The van der Waals surface area contributed by atoms with Crippen LogP contribution in [0.1, 0.15) is 10.4 Å². The average Bonchev–Trinajstić information content (AvgIpc) is 3.24. The first-order valence-corrected chi connectivity index (χ1v) is 9.52. The normalized spacial score (nSPS) is 19.2. The first kappa shape index (κ1) is 16.5. The lowest BCUT2D eigenvalue weighted by atomic mass is 10.2. The summed E-state index contributed by atoms with van der Waals surface area (Å²) in [7, 11) is 0. The number of anilines is 1. The summed E-state index contributed by atoms with van der Waals surface area (Å²) in [6.07, 6.45) is 1.78. The molecular formula is C18H15BrN2O3S. The Balaban J connectivity index is 1.58. The zero-order chi connectivity index (χ0) is 17.2. The fourth-order valence-electron chi connectivity index (χ4n) is 2.67. The van der Waals surface area contributed by atoms with E-state index in [0.717, 1.165) is 41.2 Å². The molecule has 7 heteroatoms. The minimum atomic E-state index is -0.424. The second kappa shape index (κ2) is 7.11. The molecular weight excluding hydrogens is 404 g/mol. The van der Waals surface area contributed by atoms with E-state index >= 15 is 0 Å². The molecule has 0 spiro atoms. The summed E-state index contributed by atoms with van der Waals surface area (Å²) >= 11 is 5.09. The minimum absolute atomic E-state index is 0.320. The summed E-state index contributed by atoms with van der Waals surface area (Å²) in [5.74, 6) is -0.0965. The summed E-state index contributed by atoms with van der Waals surface area (Å²) in [6.45, 7) is 3.28. The molecule has 0 bridgehead atoms. The first-order chi connectivity index (χ1) is 12.2. The van der Waals surface area contributed by atoms with Gasteiger partial charge in [-0.15, -0.1) is 11.3 Å². The summed E-state index contributed by atoms with van der Waals surface area (Å²) in [5.41, 5.74) is 1.08. The van der Waals surface area contributed by atoms with Crippen LogP contribution in [0.25, 0.3) is 6.08 Å². The molecule has 128 valence electrons. The number of benzene rings is 1. The molecule has 5 nitrogen and oxygen atoms in total. The molecule has 4 rings (SSSR count). The Kier molecular flexibility index (Phi) is 4.70. The van der Waals surface area contributed by atoms with Crippen LogP contribution in [0.4, 0.5) is 5.00 Å². The number of halogens is 1. The molecule has 0 amide bonds. The second-order valence-electron chi connectivity index (χ2n) is 5.59. The number of hydrogen-bond donors (Lipinski definition) is 0. The molecule has 0 atom stereocenters. The van der Waals surface area contributed by atoms with Gasteiger partial charge in [0.05, 0.1) is 23.8 Å². The molecule has 2 aliphatic rings. The molecule has 0 unspecified atom stereocenters. The molecule has 0 saturated carbocycles. The first-order valence-electron chi connectivity index (χ1n) is 7.91. The van der Waals surface area contributed by atoms with Gasteiger partial charge in [0.15, 0.2) is 5.70 Å². The van der Waals surface area contributed by atoms with Crippen molar-refractivity contribution in [1.82, 2.24) is 0 Å². The number of esters is 1. The lowest BCUT2D eigenvalue weighted by Crippen LogP contribution is -2.35. The van der Waals surface area contributed by atoms with Crippen LogP contribution < -0.4 is 4.90 Å². The molecule has 0 radical (unpaired) electrons. The maximum atomic E-state index is 12.1. The molecule has 1 aromatic heterocycles. The van der Waals surface area contributed by atoms with Crippen LogP contribution in [-0.2, 0) is 14.3 Å². The summed E-state index contributed by atoms with van der Waals surface area (Å²) in [6, 6.07) is 11.6. The number of cyclic esters (lactones) is 1. The molecule has 1 aromatic carbocycles. The van der Waals surface area contributed by atoms with E-state index in [2.05, 4.69) is 31.9 Å². The number of thiophene rings is 1. The zero-order valence-electron chi connectivity index (χ0n) is 13.3. The Bertz CT molecular complexity index is 869. The van der Waals surface area contributed by atoms with Gasteiger partial charge in [-0.3, -0.25) is 0 Å². The van der Waals surface area contributed by atoms with E-state index in [9.17, 15) is 4.79 Å². The number of ether oxygens (including phenoxy) is 2. The third kappa shape index (κ3) is 3.53. The van der Waals surface area contributed by atoms with Crippen molar-refractivity contribution in [2.75, 3.05) is 31.2 Å². The van der Waals surface area contributed by atoms with Crippen LogP contribution >= 0.6 is 27.3 Å². The van der Waals surface area contributed by atoms with E-state index in [1.54, 1.807) is 17.4 Å². The Morgan fingerprint density at radius 1 is 1.16 bits per heavy atom. The number of morpholine rings is 1. The van der Waals surface area contributed by atoms with E-state index in [1.807, 2.05) is 30.3 Å². The van der Waals surface area contributed by atoms with Crippen molar-refractivity contribution in [3.63, 3.8) is 0 Å². The van der Waals surface area contributed by atoms with Gasteiger partial charge in [0, 0.05) is 22.4 Å². The highest BCUT2D eigenvalue weighted by atomic mass is 79.9.